The summed E-state index contributed by atoms with van der Waals surface area (Å²) in [6.45, 7) is 0. The molecule has 0 aliphatic carbocycles. The molecule has 0 heterocycles. The molecule has 0 aliphatic heterocycles. The molecule has 0 saturated heterocycles. The molecule has 5 rings (SSSR count). The van der Waals surface area contributed by atoms with Crippen LogP contribution in [-0.4, -0.2) is 31.5 Å². The topological polar surface area (TPSA) is 121 Å². The van der Waals surface area contributed by atoms with Crippen molar-refractivity contribution in [3.8, 4) is 23.0 Å². The molecule has 5 aromatic carbocycles. The fraction of sp³-hybridized carbons (Fsp3) is 0.0323. The van der Waals surface area contributed by atoms with E-state index in [1.54, 1.807) is 18.2 Å². The Balaban J connectivity index is 1.25. The lowest BCUT2D eigenvalue weighted by Gasteiger charge is -2.10. The molecule has 0 radical (unpaired) electrons. The largest absolute Gasteiger partial charge is 0.457 e. The Morgan fingerprint density at radius 1 is 0.357 bits per heavy atom. The van der Waals surface area contributed by atoms with E-state index < -0.39 is 29.5 Å². The summed E-state index contributed by atoms with van der Waals surface area (Å²) in [5.41, 5.74) is 0. The summed E-state index contributed by atoms with van der Waals surface area (Å²) in [5.74, 6) is 1.55. The Labute approximate surface area is 244 Å². The van der Waals surface area contributed by atoms with Gasteiger partial charge >= 0.3 is 0 Å². The van der Waals surface area contributed by atoms with Gasteiger partial charge in [0.05, 0.1) is 24.5 Å². The maximum atomic E-state index is 13.2. The Morgan fingerprint density at radius 3 is 0.905 bits per heavy atom. The second kappa shape index (κ2) is 11.4. The number of sulfone groups is 3. The van der Waals surface area contributed by atoms with Crippen LogP contribution in [0.15, 0.2) is 152 Å². The molecular formula is C31H24O8S3. The molecule has 42 heavy (non-hydrogen) atoms. The second-order valence-corrected chi connectivity index (χ2v) is 15.1. The minimum atomic E-state index is -3.83. The van der Waals surface area contributed by atoms with E-state index in [-0.39, 0.29) is 24.5 Å². The fourth-order valence-corrected chi connectivity index (χ4v) is 7.13. The van der Waals surface area contributed by atoms with Crippen molar-refractivity contribution in [1.29, 1.82) is 0 Å². The first-order valence-electron chi connectivity index (χ1n) is 12.4. The lowest BCUT2D eigenvalue weighted by molar-refractivity contribution is 0.481. The number of benzene rings is 5. The van der Waals surface area contributed by atoms with E-state index in [1.807, 2.05) is 0 Å². The van der Waals surface area contributed by atoms with Gasteiger partial charge in [-0.15, -0.1) is 0 Å². The predicted molar refractivity (Wildman–Crippen MR) is 156 cm³/mol. The molecular weight excluding hydrogens is 597 g/mol. The predicted octanol–water partition coefficient (Wildman–Crippen LogP) is 6.34. The second-order valence-electron chi connectivity index (χ2n) is 9.18. The summed E-state index contributed by atoms with van der Waals surface area (Å²) in [4.78, 5) is 0.609. The van der Waals surface area contributed by atoms with Crippen molar-refractivity contribution in [3.05, 3.63) is 127 Å². The van der Waals surface area contributed by atoms with Gasteiger partial charge in [-0.05, 0) is 109 Å². The Kier molecular flexibility index (Phi) is 7.91. The average molecular weight is 621 g/mol. The highest BCUT2D eigenvalue weighted by Crippen LogP contribution is 2.30. The van der Waals surface area contributed by atoms with E-state index in [1.165, 1.54) is 109 Å². The summed E-state index contributed by atoms with van der Waals surface area (Å²) in [6, 6.07) is 31.7. The molecule has 0 aromatic heterocycles. The maximum absolute atomic E-state index is 13.2. The van der Waals surface area contributed by atoms with Crippen LogP contribution in [0, 0.1) is 0 Å². The molecule has 0 bridgehead atoms. The first-order valence-corrected chi connectivity index (χ1v) is 17.3. The van der Waals surface area contributed by atoms with E-state index in [2.05, 4.69) is 0 Å². The van der Waals surface area contributed by atoms with Crippen LogP contribution in [0.3, 0.4) is 0 Å². The molecule has 0 aliphatic rings. The van der Waals surface area contributed by atoms with Crippen molar-refractivity contribution in [2.45, 2.75) is 24.5 Å². The summed E-state index contributed by atoms with van der Waals surface area (Å²) in [6.07, 6.45) is 1.12. The standard InChI is InChI=1S/C31H24O8S3/c1-40(32,33)27-15-7-23(8-16-27)38-24-11-19-30(20-12-24)42(36,37)31-21-13-26(14-22-31)39-25-9-17-29(18-10-25)41(34,35)28-5-3-2-4-6-28/h2-22H,1H3. The van der Waals surface area contributed by atoms with E-state index in [4.69, 9.17) is 9.47 Å². The molecule has 0 atom stereocenters. The van der Waals surface area contributed by atoms with Crippen LogP contribution in [0.1, 0.15) is 0 Å². The molecule has 8 nitrogen and oxygen atoms in total. The van der Waals surface area contributed by atoms with Crippen LogP contribution < -0.4 is 9.47 Å². The zero-order valence-corrected chi connectivity index (χ0v) is 24.6. The van der Waals surface area contributed by atoms with Crippen LogP contribution in [0.2, 0.25) is 0 Å². The van der Waals surface area contributed by atoms with E-state index in [0.717, 1.165) is 6.26 Å². The smallest absolute Gasteiger partial charge is 0.206 e. The van der Waals surface area contributed by atoms with Crippen LogP contribution in [0.25, 0.3) is 0 Å². The quantitative estimate of drug-likeness (QED) is 0.187. The number of hydrogen-bond acceptors (Lipinski definition) is 8. The lowest BCUT2D eigenvalue weighted by Crippen LogP contribution is -2.02. The normalized spacial score (nSPS) is 12.0. The first-order chi connectivity index (χ1) is 19.9. The molecule has 0 amide bonds. The molecule has 0 saturated carbocycles. The molecule has 5 aromatic rings. The van der Waals surface area contributed by atoms with Crippen molar-refractivity contribution in [3.63, 3.8) is 0 Å². The van der Waals surface area contributed by atoms with Gasteiger partial charge in [0, 0.05) is 6.26 Å². The third kappa shape index (κ3) is 6.38. The zero-order valence-electron chi connectivity index (χ0n) is 22.1. The summed E-state index contributed by atoms with van der Waals surface area (Å²) in [5, 5.41) is 0. The highest BCUT2D eigenvalue weighted by Gasteiger charge is 2.19. The maximum Gasteiger partial charge on any atom is 0.206 e. The summed E-state index contributed by atoms with van der Waals surface area (Å²) >= 11 is 0. The van der Waals surface area contributed by atoms with Crippen molar-refractivity contribution in [2.24, 2.45) is 0 Å². The van der Waals surface area contributed by atoms with Crippen LogP contribution in [-0.2, 0) is 29.5 Å². The van der Waals surface area contributed by atoms with Crippen molar-refractivity contribution in [2.75, 3.05) is 6.26 Å². The van der Waals surface area contributed by atoms with Gasteiger partial charge in [-0.2, -0.15) is 0 Å². The molecule has 0 unspecified atom stereocenters. The minimum Gasteiger partial charge on any atom is -0.457 e. The van der Waals surface area contributed by atoms with Gasteiger partial charge in [0.25, 0.3) is 0 Å². The van der Waals surface area contributed by atoms with Gasteiger partial charge in [0.2, 0.25) is 19.7 Å². The van der Waals surface area contributed by atoms with Crippen LogP contribution in [0.5, 0.6) is 23.0 Å². The minimum absolute atomic E-state index is 0.0594. The van der Waals surface area contributed by atoms with Gasteiger partial charge in [0.1, 0.15) is 23.0 Å². The first kappa shape index (κ1) is 29.1. The highest BCUT2D eigenvalue weighted by molar-refractivity contribution is 7.92. The third-order valence-electron chi connectivity index (χ3n) is 6.18. The van der Waals surface area contributed by atoms with Gasteiger partial charge in [0.15, 0.2) is 9.84 Å². The van der Waals surface area contributed by atoms with E-state index >= 15 is 0 Å². The van der Waals surface area contributed by atoms with Gasteiger partial charge in [-0.3, -0.25) is 0 Å². The Hall–Kier alpha value is -4.45. The monoisotopic (exact) mass is 620 g/mol. The number of hydrogen-bond donors (Lipinski definition) is 0. The summed E-state index contributed by atoms with van der Waals surface area (Å²) in [7, 11) is -10.8. The molecule has 214 valence electrons. The van der Waals surface area contributed by atoms with Gasteiger partial charge < -0.3 is 9.47 Å². The van der Waals surface area contributed by atoms with Crippen molar-refractivity contribution < 1.29 is 34.7 Å². The third-order valence-corrected chi connectivity index (χ3v) is 10.9. The zero-order chi connectivity index (χ0) is 30.0. The highest BCUT2D eigenvalue weighted by atomic mass is 32.2. The average Bonchev–Trinajstić information content (AvgIpc) is 2.98. The number of ether oxygens (including phenoxy) is 2. The fourth-order valence-electron chi connectivity index (χ4n) is 3.96. The van der Waals surface area contributed by atoms with Crippen molar-refractivity contribution >= 4 is 29.5 Å². The molecule has 11 heteroatoms. The van der Waals surface area contributed by atoms with E-state index in [0.29, 0.717) is 23.0 Å². The molecule has 0 N–H and O–H groups in total. The lowest BCUT2D eigenvalue weighted by atomic mass is 10.3. The Morgan fingerprint density at radius 2 is 0.619 bits per heavy atom. The summed E-state index contributed by atoms with van der Waals surface area (Å²) < 4.78 is 86.6. The Bertz CT molecular complexity index is 2020. The van der Waals surface area contributed by atoms with Gasteiger partial charge in [-0.1, -0.05) is 18.2 Å². The molecule has 0 spiro atoms. The van der Waals surface area contributed by atoms with Gasteiger partial charge in [-0.25, -0.2) is 25.3 Å². The SMILES string of the molecule is CS(=O)(=O)c1ccc(Oc2ccc(S(=O)(=O)c3ccc(Oc4ccc(S(=O)(=O)c5ccccc5)cc4)cc3)cc2)cc1. The van der Waals surface area contributed by atoms with E-state index in [9.17, 15) is 25.3 Å². The van der Waals surface area contributed by atoms with Crippen molar-refractivity contribution in [1.82, 2.24) is 0 Å². The number of rotatable bonds is 9. The van der Waals surface area contributed by atoms with Crippen LogP contribution >= 0.6 is 0 Å². The van der Waals surface area contributed by atoms with Crippen LogP contribution in [0.4, 0.5) is 0 Å². The molecule has 0 fully saturated rings.